The number of likely N-dealkylation sites (tertiary alicyclic amines) is 1. The van der Waals surface area contributed by atoms with Crippen LogP contribution in [0.15, 0.2) is 52.3 Å². The highest BCUT2D eigenvalue weighted by atomic mass is 32.2. The Hall–Kier alpha value is -3.14. The molecule has 0 N–H and O–H groups in total. The van der Waals surface area contributed by atoms with Gasteiger partial charge in [0.15, 0.2) is 11.5 Å². The van der Waals surface area contributed by atoms with Crippen LogP contribution in [0.4, 0.5) is 13.2 Å². The Morgan fingerprint density at radius 3 is 2.67 bits per heavy atom. The van der Waals surface area contributed by atoms with Gasteiger partial charge in [-0.3, -0.25) is 9.59 Å². The second kappa shape index (κ2) is 11.3. The van der Waals surface area contributed by atoms with Crippen molar-refractivity contribution in [2.45, 2.75) is 35.7 Å². The summed E-state index contributed by atoms with van der Waals surface area (Å²) in [5, 5.41) is 0. The number of piperidine rings is 1. The SMILES string of the molecule is CCOC(=O)C1CCCN(C(=O)C=Cc2ccc(Sc3ccc4c(c3)OCCO4)c(C(F)(F)F)c2)C1. The zero-order valence-corrected chi connectivity index (χ0v) is 20.5. The summed E-state index contributed by atoms with van der Waals surface area (Å²) >= 11 is 0.978. The maximum absolute atomic E-state index is 13.9. The van der Waals surface area contributed by atoms with Crippen LogP contribution in [-0.4, -0.2) is 49.7 Å². The van der Waals surface area contributed by atoms with Crippen molar-refractivity contribution in [3.05, 3.63) is 53.6 Å². The summed E-state index contributed by atoms with van der Waals surface area (Å²) in [6, 6.07) is 8.99. The first-order valence-electron chi connectivity index (χ1n) is 11.7. The first kappa shape index (κ1) is 25.9. The Balaban J connectivity index is 1.48. The summed E-state index contributed by atoms with van der Waals surface area (Å²) in [5.41, 5.74) is -0.543. The number of esters is 1. The number of benzene rings is 2. The average Bonchev–Trinajstić information content (AvgIpc) is 2.87. The lowest BCUT2D eigenvalue weighted by Crippen LogP contribution is -2.42. The molecule has 2 aromatic carbocycles. The summed E-state index contributed by atoms with van der Waals surface area (Å²) in [6.07, 6.45) is -0.665. The minimum absolute atomic E-state index is 0.0379. The summed E-state index contributed by atoms with van der Waals surface area (Å²) in [7, 11) is 0. The van der Waals surface area contributed by atoms with Gasteiger partial charge in [0, 0.05) is 29.0 Å². The molecule has 0 bridgehead atoms. The third-order valence-electron chi connectivity index (χ3n) is 5.82. The number of halogens is 3. The van der Waals surface area contributed by atoms with Crippen LogP contribution in [0.5, 0.6) is 11.5 Å². The van der Waals surface area contributed by atoms with Crippen LogP contribution in [-0.2, 0) is 20.5 Å². The van der Waals surface area contributed by atoms with Crippen molar-refractivity contribution < 1.29 is 37.0 Å². The highest BCUT2D eigenvalue weighted by Gasteiger charge is 2.34. The minimum Gasteiger partial charge on any atom is -0.486 e. The van der Waals surface area contributed by atoms with E-state index in [1.807, 2.05) is 0 Å². The Kier molecular flexibility index (Phi) is 8.13. The fraction of sp³-hybridized carbons (Fsp3) is 0.385. The van der Waals surface area contributed by atoms with Crippen molar-refractivity contribution in [3.63, 3.8) is 0 Å². The number of alkyl halides is 3. The number of rotatable bonds is 6. The summed E-state index contributed by atoms with van der Waals surface area (Å²) < 4.78 is 57.7. The molecule has 6 nitrogen and oxygen atoms in total. The van der Waals surface area contributed by atoms with Gasteiger partial charge in [-0.1, -0.05) is 17.8 Å². The van der Waals surface area contributed by atoms with Gasteiger partial charge in [-0.05, 0) is 61.7 Å². The van der Waals surface area contributed by atoms with Crippen LogP contribution in [0.1, 0.15) is 30.9 Å². The monoisotopic (exact) mass is 521 g/mol. The molecule has 0 spiro atoms. The lowest BCUT2D eigenvalue weighted by molar-refractivity contribution is -0.150. The van der Waals surface area contributed by atoms with Gasteiger partial charge >= 0.3 is 12.1 Å². The molecule has 1 saturated heterocycles. The minimum atomic E-state index is -4.58. The van der Waals surface area contributed by atoms with Crippen LogP contribution in [0.2, 0.25) is 0 Å². The van der Waals surface area contributed by atoms with Crippen LogP contribution >= 0.6 is 11.8 Å². The third kappa shape index (κ3) is 6.34. The van der Waals surface area contributed by atoms with E-state index in [2.05, 4.69) is 0 Å². The number of carbonyl (C=O) groups excluding carboxylic acids is 2. The van der Waals surface area contributed by atoms with Crippen LogP contribution in [0, 0.1) is 5.92 Å². The van der Waals surface area contributed by atoms with Gasteiger partial charge in [-0.15, -0.1) is 0 Å². The van der Waals surface area contributed by atoms with E-state index in [1.165, 1.54) is 29.2 Å². The second-order valence-corrected chi connectivity index (χ2v) is 9.49. The predicted octanol–water partition coefficient (Wildman–Crippen LogP) is 5.44. The largest absolute Gasteiger partial charge is 0.486 e. The first-order valence-corrected chi connectivity index (χ1v) is 12.5. The number of hydrogen-bond acceptors (Lipinski definition) is 6. The molecule has 4 rings (SSSR count). The van der Waals surface area contributed by atoms with E-state index in [4.69, 9.17) is 14.2 Å². The Labute approximate surface area is 211 Å². The van der Waals surface area contributed by atoms with E-state index >= 15 is 0 Å². The van der Waals surface area contributed by atoms with Gasteiger partial charge in [-0.25, -0.2) is 0 Å². The maximum Gasteiger partial charge on any atom is 0.417 e. The van der Waals surface area contributed by atoms with Crippen LogP contribution in [0.3, 0.4) is 0 Å². The molecule has 2 aliphatic rings. The topological polar surface area (TPSA) is 65.1 Å². The molecule has 1 amide bonds. The molecule has 10 heteroatoms. The Morgan fingerprint density at radius 1 is 1.14 bits per heavy atom. The van der Waals surface area contributed by atoms with Crippen molar-refractivity contribution in [1.82, 2.24) is 4.90 Å². The molecular weight excluding hydrogens is 495 g/mol. The molecule has 2 aromatic rings. The van der Waals surface area contributed by atoms with Crippen LogP contribution < -0.4 is 9.47 Å². The zero-order valence-electron chi connectivity index (χ0n) is 19.7. The molecule has 0 aliphatic carbocycles. The van der Waals surface area contributed by atoms with E-state index < -0.39 is 11.7 Å². The normalized spacial score (nSPS) is 17.8. The molecule has 1 atom stereocenters. The molecule has 36 heavy (non-hydrogen) atoms. The molecule has 0 saturated carbocycles. The third-order valence-corrected chi connectivity index (χ3v) is 6.89. The van der Waals surface area contributed by atoms with Crippen LogP contribution in [0.25, 0.3) is 6.08 Å². The highest BCUT2D eigenvalue weighted by Crippen LogP contribution is 2.42. The van der Waals surface area contributed by atoms with Gasteiger partial charge in [0.2, 0.25) is 5.91 Å². The highest BCUT2D eigenvalue weighted by molar-refractivity contribution is 7.99. The van der Waals surface area contributed by atoms with Crippen molar-refractivity contribution in [1.29, 1.82) is 0 Å². The fourth-order valence-corrected chi connectivity index (χ4v) is 5.06. The fourth-order valence-electron chi connectivity index (χ4n) is 4.08. The van der Waals surface area contributed by atoms with E-state index in [1.54, 1.807) is 25.1 Å². The van der Waals surface area contributed by atoms with E-state index in [-0.39, 0.29) is 41.4 Å². The van der Waals surface area contributed by atoms with Gasteiger partial charge in [-0.2, -0.15) is 13.2 Å². The number of amides is 1. The summed E-state index contributed by atoms with van der Waals surface area (Å²) in [5.74, 6) is -0.00759. The summed E-state index contributed by atoms with van der Waals surface area (Å²) in [6.45, 7) is 3.53. The molecule has 0 radical (unpaired) electrons. The maximum atomic E-state index is 13.9. The van der Waals surface area contributed by atoms with E-state index in [0.717, 1.165) is 17.8 Å². The van der Waals surface area contributed by atoms with Crippen molar-refractivity contribution in [3.8, 4) is 11.5 Å². The molecule has 0 aromatic heterocycles. The Morgan fingerprint density at radius 2 is 1.92 bits per heavy atom. The standard InChI is InChI=1S/C26H26F3NO5S/c1-2-33-25(32)18-4-3-11-30(16-18)24(31)10-6-17-5-9-23(20(14-17)26(27,28)29)36-19-7-8-21-22(15-19)35-13-12-34-21/h5-10,14-15,18H,2-4,11-13,16H2,1H3. The van der Waals surface area contributed by atoms with Crippen molar-refractivity contribution in [2.75, 3.05) is 32.9 Å². The van der Waals surface area contributed by atoms with Crippen molar-refractivity contribution in [2.24, 2.45) is 5.92 Å². The Bertz CT molecular complexity index is 1150. The smallest absolute Gasteiger partial charge is 0.417 e. The number of carbonyl (C=O) groups is 2. The second-order valence-electron chi connectivity index (χ2n) is 8.37. The quantitative estimate of drug-likeness (QED) is 0.373. The molecule has 2 heterocycles. The average molecular weight is 522 g/mol. The van der Waals surface area contributed by atoms with Gasteiger partial charge < -0.3 is 19.1 Å². The lowest BCUT2D eigenvalue weighted by atomic mass is 9.98. The number of fused-ring (bicyclic) bond motifs is 1. The van der Waals surface area contributed by atoms with Gasteiger partial charge in [0.05, 0.1) is 18.1 Å². The summed E-state index contributed by atoms with van der Waals surface area (Å²) in [4.78, 5) is 26.8. The predicted molar refractivity (Wildman–Crippen MR) is 128 cm³/mol. The lowest BCUT2D eigenvalue weighted by Gasteiger charge is -2.30. The zero-order chi connectivity index (χ0) is 25.7. The van der Waals surface area contributed by atoms with Gasteiger partial charge in [0.1, 0.15) is 13.2 Å². The molecule has 1 unspecified atom stereocenters. The molecule has 192 valence electrons. The van der Waals surface area contributed by atoms with E-state index in [0.29, 0.717) is 49.0 Å². The molecular formula is C26H26F3NO5S. The van der Waals surface area contributed by atoms with Crippen molar-refractivity contribution >= 4 is 29.7 Å². The number of ether oxygens (including phenoxy) is 3. The molecule has 2 aliphatic heterocycles. The first-order chi connectivity index (χ1) is 17.2. The number of nitrogens with zero attached hydrogens (tertiary/aromatic N) is 1. The molecule has 1 fully saturated rings. The van der Waals surface area contributed by atoms with Gasteiger partial charge in [0.25, 0.3) is 0 Å². The van der Waals surface area contributed by atoms with E-state index in [9.17, 15) is 22.8 Å². The number of hydrogen-bond donors (Lipinski definition) is 0.